The maximum absolute atomic E-state index is 12.7. The molecule has 2 N–H and O–H groups in total. The number of carbonyl (C=O) groups excluding carboxylic acids is 1. The van der Waals surface area contributed by atoms with Gasteiger partial charge in [-0.15, -0.1) is 0 Å². The van der Waals surface area contributed by atoms with Crippen molar-refractivity contribution < 1.29 is 9.90 Å². The fourth-order valence-electron chi connectivity index (χ4n) is 3.28. The van der Waals surface area contributed by atoms with E-state index in [4.69, 9.17) is 0 Å². The molecule has 1 aliphatic carbocycles. The Morgan fingerprint density at radius 3 is 2.76 bits per heavy atom. The van der Waals surface area contributed by atoms with E-state index in [2.05, 4.69) is 10.3 Å². The lowest BCUT2D eigenvalue weighted by Crippen LogP contribution is -2.29. The molecule has 25 heavy (non-hydrogen) atoms. The lowest BCUT2D eigenvalue weighted by Gasteiger charge is -2.16. The summed E-state index contributed by atoms with van der Waals surface area (Å²) in [5, 5.41) is 13.2. The third-order valence-electron chi connectivity index (χ3n) is 4.52. The van der Waals surface area contributed by atoms with Crippen LogP contribution in [0.3, 0.4) is 0 Å². The number of imidazole rings is 1. The number of aliphatic hydroxyl groups excluding tert-OH is 1. The first-order chi connectivity index (χ1) is 12.2. The van der Waals surface area contributed by atoms with E-state index in [1.165, 1.54) is 0 Å². The van der Waals surface area contributed by atoms with Gasteiger partial charge in [-0.3, -0.25) is 4.79 Å². The van der Waals surface area contributed by atoms with E-state index in [0.29, 0.717) is 30.7 Å². The number of pyridine rings is 1. The Balaban J connectivity index is 1.56. The predicted molar refractivity (Wildman–Crippen MR) is 96.2 cm³/mol. The largest absolute Gasteiger partial charge is 0.511 e. The molecule has 3 aromatic rings. The Labute approximate surface area is 145 Å². The highest BCUT2D eigenvalue weighted by Gasteiger charge is 2.28. The number of aryl methyl sites for hydroxylation is 1. The lowest BCUT2D eigenvalue weighted by molar-refractivity contribution is -0.115. The van der Waals surface area contributed by atoms with Gasteiger partial charge in [-0.1, -0.05) is 36.4 Å². The van der Waals surface area contributed by atoms with Gasteiger partial charge in [-0.05, 0) is 30.5 Å². The van der Waals surface area contributed by atoms with Crippen molar-refractivity contribution in [3.05, 3.63) is 77.4 Å². The van der Waals surface area contributed by atoms with Gasteiger partial charge in [0.15, 0.2) is 0 Å². The maximum Gasteiger partial charge on any atom is 0.256 e. The molecule has 0 spiro atoms. The molecule has 0 radical (unpaired) electrons. The molecule has 0 bridgehead atoms. The zero-order chi connectivity index (χ0) is 17.2. The predicted octanol–water partition coefficient (Wildman–Crippen LogP) is 2.91. The SMILES string of the molecule is O=C(NCCc1ccccc1)C1=C(O)CCc2c1nc1ccccn21. The molecular formula is C20H19N3O2. The number of aliphatic hydroxyl groups is 1. The summed E-state index contributed by atoms with van der Waals surface area (Å²) in [5.74, 6) is -0.147. The summed E-state index contributed by atoms with van der Waals surface area (Å²) >= 11 is 0. The molecule has 0 atom stereocenters. The standard InChI is InChI=1S/C20H19N3O2/c24-16-10-9-15-19(22-17-8-4-5-13-23(15)17)18(16)20(25)21-12-11-14-6-2-1-3-7-14/h1-8,13,24H,9-12H2,(H,21,25). The average Bonchev–Trinajstić information content (AvgIpc) is 3.00. The summed E-state index contributed by atoms with van der Waals surface area (Å²) in [6, 6.07) is 15.8. The molecule has 126 valence electrons. The molecule has 0 unspecified atom stereocenters. The van der Waals surface area contributed by atoms with Gasteiger partial charge in [-0.25, -0.2) is 4.98 Å². The molecule has 0 saturated carbocycles. The van der Waals surface area contributed by atoms with Crippen molar-refractivity contribution in [1.29, 1.82) is 0 Å². The minimum atomic E-state index is -0.266. The smallest absolute Gasteiger partial charge is 0.256 e. The van der Waals surface area contributed by atoms with E-state index in [1.807, 2.05) is 59.1 Å². The van der Waals surface area contributed by atoms with E-state index in [9.17, 15) is 9.90 Å². The van der Waals surface area contributed by atoms with Crippen LogP contribution in [0.15, 0.2) is 60.5 Å². The van der Waals surface area contributed by atoms with Crippen molar-refractivity contribution in [3.8, 4) is 0 Å². The molecule has 2 heterocycles. The molecule has 4 rings (SSSR count). The highest BCUT2D eigenvalue weighted by Crippen LogP contribution is 2.30. The molecule has 1 aliphatic rings. The Hall–Kier alpha value is -3.08. The van der Waals surface area contributed by atoms with Crippen LogP contribution in [0.1, 0.15) is 23.4 Å². The number of carbonyl (C=O) groups is 1. The Morgan fingerprint density at radius 2 is 1.92 bits per heavy atom. The number of amides is 1. The molecule has 0 saturated heterocycles. The van der Waals surface area contributed by atoms with E-state index in [0.717, 1.165) is 23.3 Å². The fourth-order valence-corrected chi connectivity index (χ4v) is 3.28. The number of benzene rings is 1. The summed E-state index contributed by atoms with van der Waals surface area (Å²) in [7, 11) is 0. The summed E-state index contributed by atoms with van der Waals surface area (Å²) < 4.78 is 1.99. The second kappa shape index (κ2) is 6.43. The summed E-state index contributed by atoms with van der Waals surface area (Å²) in [6.07, 6.45) is 3.82. The van der Waals surface area contributed by atoms with Crippen molar-refractivity contribution in [2.45, 2.75) is 19.3 Å². The Bertz CT molecular complexity index is 957. The van der Waals surface area contributed by atoms with Crippen LogP contribution in [0.4, 0.5) is 0 Å². The Morgan fingerprint density at radius 1 is 1.12 bits per heavy atom. The van der Waals surface area contributed by atoms with Crippen LogP contribution < -0.4 is 5.32 Å². The van der Waals surface area contributed by atoms with E-state index in [1.54, 1.807) is 0 Å². The van der Waals surface area contributed by atoms with Crippen LogP contribution in [0, 0.1) is 0 Å². The third kappa shape index (κ3) is 2.89. The van der Waals surface area contributed by atoms with Crippen molar-refractivity contribution in [2.75, 3.05) is 6.54 Å². The van der Waals surface area contributed by atoms with E-state index < -0.39 is 0 Å². The topological polar surface area (TPSA) is 66.6 Å². The van der Waals surface area contributed by atoms with Gasteiger partial charge in [-0.2, -0.15) is 0 Å². The van der Waals surface area contributed by atoms with Crippen molar-refractivity contribution in [3.63, 3.8) is 0 Å². The van der Waals surface area contributed by atoms with Crippen LogP contribution in [0.25, 0.3) is 11.2 Å². The molecular weight excluding hydrogens is 314 g/mol. The van der Waals surface area contributed by atoms with Gasteiger partial charge >= 0.3 is 0 Å². The molecule has 5 heteroatoms. The second-order valence-corrected chi connectivity index (χ2v) is 6.15. The average molecular weight is 333 g/mol. The number of fused-ring (bicyclic) bond motifs is 3. The van der Waals surface area contributed by atoms with Gasteiger partial charge in [0.2, 0.25) is 0 Å². The minimum Gasteiger partial charge on any atom is -0.511 e. The third-order valence-corrected chi connectivity index (χ3v) is 4.52. The van der Waals surface area contributed by atoms with Crippen LogP contribution in [0.2, 0.25) is 0 Å². The quantitative estimate of drug-likeness (QED) is 0.771. The number of allylic oxidation sites excluding steroid dienone is 1. The first kappa shape index (κ1) is 15.4. The normalized spacial score (nSPS) is 13.8. The molecule has 1 aromatic carbocycles. The highest BCUT2D eigenvalue weighted by molar-refractivity contribution is 6.20. The van der Waals surface area contributed by atoms with Crippen LogP contribution in [0.5, 0.6) is 0 Å². The van der Waals surface area contributed by atoms with Crippen molar-refractivity contribution >= 4 is 17.1 Å². The highest BCUT2D eigenvalue weighted by atomic mass is 16.3. The maximum atomic E-state index is 12.7. The van der Waals surface area contributed by atoms with E-state index in [-0.39, 0.29) is 11.7 Å². The zero-order valence-corrected chi connectivity index (χ0v) is 13.8. The van der Waals surface area contributed by atoms with E-state index >= 15 is 0 Å². The van der Waals surface area contributed by atoms with Gasteiger partial charge in [0, 0.05) is 19.2 Å². The van der Waals surface area contributed by atoms with Gasteiger partial charge in [0.05, 0.1) is 5.69 Å². The number of hydrogen-bond donors (Lipinski definition) is 2. The summed E-state index contributed by atoms with van der Waals surface area (Å²) in [5.41, 5.74) is 3.82. The van der Waals surface area contributed by atoms with Crippen molar-refractivity contribution in [1.82, 2.24) is 14.7 Å². The lowest BCUT2D eigenvalue weighted by atomic mass is 9.97. The summed E-state index contributed by atoms with van der Waals surface area (Å²) in [4.78, 5) is 17.2. The van der Waals surface area contributed by atoms with Crippen molar-refractivity contribution in [2.24, 2.45) is 0 Å². The molecule has 0 aliphatic heterocycles. The minimum absolute atomic E-state index is 0.119. The monoisotopic (exact) mass is 333 g/mol. The second-order valence-electron chi connectivity index (χ2n) is 6.15. The molecule has 1 amide bonds. The molecule has 2 aromatic heterocycles. The Kier molecular flexibility index (Phi) is 3.98. The molecule has 5 nitrogen and oxygen atoms in total. The number of rotatable bonds is 4. The zero-order valence-electron chi connectivity index (χ0n) is 13.8. The van der Waals surface area contributed by atoms with Gasteiger partial charge < -0.3 is 14.8 Å². The van der Waals surface area contributed by atoms with Gasteiger partial charge in [0.25, 0.3) is 5.91 Å². The number of nitrogens with one attached hydrogen (secondary N) is 1. The number of aromatic nitrogens is 2. The van der Waals surface area contributed by atoms with Crippen LogP contribution in [-0.4, -0.2) is 26.9 Å². The van der Waals surface area contributed by atoms with Gasteiger partial charge in [0.1, 0.15) is 22.7 Å². The fraction of sp³-hybridized carbons (Fsp3) is 0.200. The first-order valence-corrected chi connectivity index (χ1v) is 8.44. The molecule has 0 fully saturated rings. The van der Waals surface area contributed by atoms with Crippen LogP contribution in [-0.2, 0) is 17.6 Å². The first-order valence-electron chi connectivity index (χ1n) is 8.44. The summed E-state index contributed by atoms with van der Waals surface area (Å²) in [6.45, 7) is 0.516. The number of hydrogen-bond acceptors (Lipinski definition) is 3. The van der Waals surface area contributed by atoms with Crippen LogP contribution >= 0.6 is 0 Å². The number of nitrogens with zero attached hydrogens (tertiary/aromatic N) is 2.